The van der Waals surface area contributed by atoms with Gasteiger partial charge in [0.05, 0.1) is 16.3 Å². The van der Waals surface area contributed by atoms with E-state index >= 15 is 0 Å². The van der Waals surface area contributed by atoms with Crippen LogP contribution in [0.4, 0.5) is 9.18 Å². The van der Waals surface area contributed by atoms with Crippen LogP contribution in [0.5, 0.6) is 0 Å². The number of rotatable bonds is 4. The van der Waals surface area contributed by atoms with E-state index in [1.807, 2.05) is 6.92 Å². The predicted molar refractivity (Wildman–Crippen MR) is 76.3 cm³/mol. The SMILES string of the molecule is CC(NC(=O)OCCBr)c1nc2ccc(F)cc2s1. The quantitative estimate of drug-likeness (QED) is 0.860. The fourth-order valence-electron chi connectivity index (χ4n) is 1.51. The van der Waals surface area contributed by atoms with E-state index in [2.05, 4.69) is 26.2 Å². The van der Waals surface area contributed by atoms with Crippen molar-refractivity contribution in [1.29, 1.82) is 0 Å². The van der Waals surface area contributed by atoms with Gasteiger partial charge >= 0.3 is 6.09 Å². The second-order valence-electron chi connectivity index (χ2n) is 3.86. The van der Waals surface area contributed by atoms with Crippen molar-refractivity contribution >= 4 is 43.6 Å². The van der Waals surface area contributed by atoms with Gasteiger partial charge in [-0.1, -0.05) is 15.9 Å². The van der Waals surface area contributed by atoms with Gasteiger partial charge in [0.25, 0.3) is 0 Å². The molecule has 1 aromatic carbocycles. The molecule has 19 heavy (non-hydrogen) atoms. The molecule has 0 spiro atoms. The number of nitrogens with one attached hydrogen (secondary N) is 1. The zero-order chi connectivity index (χ0) is 13.8. The van der Waals surface area contributed by atoms with Crippen LogP contribution < -0.4 is 5.32 Å². The van der Waals surface area contributed by atoms with Crippen LogP contribution >= 0.6 is 27.3 Å². The van der Waals surface area contributed by atoms with Gasteiger partial charge in [0.2, 0.25) is 0 Å². The van der Waals surface area contributed by atoms with Gasteiger partial charge in [0.1, 0.15) is 17.4 Å². The summed E-state index contributed by atoms with van der Waals surface area (Å²) in [6.45, 7) is 2.12. The number of carbonyl (C=O) groups is 1. The first-order valence-corrected chi connectivity index (χ1v) is 7.59. The highest BCUT2D eigenvalue weighted by atomic mass is 79.9. The molecule has 1 aromatic heterocycles. The Balaban J connectivity index is 2.08. The van der Waals surface area contributed by atoms with Gasteiger partial charge in [-0.3, -0.25) is 0 Å². The van der Waals surface area contributed by atoms with Gasteiger partial charge in [0, 0.05) is 5.33 Å². The third-order valence-electron chi connectivity index (χ3n) is 2.38. The lowest BCUT2D eigenvalue weighted by Crippen LogP contribution is -2.27. The topological polar surface area (TPSA) is 51.2 Å². The Bertz CT molecular complexity index is 590. The van der Waals surface area contributed by atoms with Crippen molar-refractivity contribution in [3.8, 4) is 0 Å². The van der Waals surface area contributed by atoms with E-state index in [0.717, 1.165) is 15.2 Å². The number of aromatic nitrogens is 1. The summed E-state index contributed by atoms with van der Waals surface area (Å²) in [6.07, 6.45) is -0.489. The largest absolute Gasteiger partial charge is 0.449 e. The van der Waals surface area contributed by atoms with Crippen LogP contribution in [0.1, 0.15) is 18.0 Å². The number of halogens is 2. The molecule has 0 bridgehead atoms. The zero-order valence-electron chi connectivity index (χ0n) is 10.2. The lowest BCUT2D eigenvalue weighted by molar-refractivity contribution is 0.150. The zero-order valence-corrected chi connectivity index (χ0v) is 12.6. The third-order valence-corrected chi connectivity index (χ3v) is 3.91. The average Bonchev–Trinajstić information content (AvgIpc) is 2.79. The minimum atomic E-state index is -0.489. The highest BCUT2D eigenvalue weighted by Crippen LogP contribution is 2.26. The number of amides is 1. The van der Waals surface area contributed by atoms with Crippen molar-refractivity contribution in [2.75, 3.05) is 11.9 Å². The molecule has 2 rings (SSSR count). The normalized spacial score (nSPS) is 12.4. The molecule has 0 saturated heterocycles. The number of nitrogens with zero attached hydrogens (tertiary/aromatic N) is 1. The lowest BCUT2D eigenvalue weighted by atomic mass is 10.3. The summed E-state index contributed by atoms with van der Waals surface area (Å²) < 4.78 is 18.7. The summed E-state index contributed by atoms with van der Waals surface area (Å²) >= 11 is 4.52. The minimum Gasteiger partial charge on any atom is -0.449 e. The summed E-state index contributed by atoms with van der Waals surface area (Å²) in [6, 6.07) is 4.16. The second-order valence-corrected chi connectivity index (χ2v) is 5.71. The van der Waals surface area contributed by atoms with Crippen LogP contribution in [-0.2, 0) is 4.74 Å². The fraction of sp³-hybridized carbons (Fsp3) is 0.333. The molecule has 0 aliphatic carbocycles. The van der Waals surface area contributed by atoms with E-state index in [4.69, 9.17) is 4.74 Å². The molecule has 1 N–H and O–H groups in total. The summed E-state index contributed by atoms with van der Waals surface area (Å²) in [4.78, 5) is 15.8. The van der Waals surface area contributed by atoms with E-state index in [1.54, 1.807) is 6.07 Å². The van der Waals surface area contributed by atoms with Crippen LogP contribution in [0.3, 0.4) is 0 Å². The molecule has 0 aliphatic heterocycles. The number of carbonyl (C=O) groups excluding carboxylic acids is 1. The predicted octanol–water partition coefficient (Wildman–Crippen LogP) is 3.62. The molecule has 0 aliphatic rings. The van der Waals surface area contributed by atoms with Crippen molar-refractivity contribution < 1.29 is 13.9 Å². The maximum absolute atomic E-state index is 13.1. The Hall–Kier alpha value is -1.21. The minimum absolute atomic E-state index is 0.275. The third kappa shape index (κ3) is 3.63. The number of fused-ring (bicyclic) bond motifs is 1. The van der Waals surface area contributed by atoms with Gasteiger partial charge in [-0.2, -0.15) is 0 Å². The molecule has 4 nitrogen and oxygen atoms in total. The molecule has 0 saturated carbocycles. The standard InChI is InChI=1S/C12H12BrFN2O2S/c1-7(15-12(17)18-5-4-13)11-16-9-3-2-8(14)6-10(9)19-11/h2-3,6-7H,4-5H2,1H3,(H,15,17). The van der Waals surface area contributed by atoms with Crippen LogP contribution in [-0.4, -0.2) is 23.0 Å². The molecule has 1 amide bonds. The molecule has 1 unspecified atom stereocenters. The first-order chi connectivity index (χ1) is 9.10. The van der Waals surface area contributed by atoms with Crippen LogP contribution in [0.2, 0.25) is 0 Å². The van der Waals surface area contributed by atoms with Crippen molar-refractivity contribution in [3.05, 3.63) is 29.0 Å². The lowest BCUT2D eigenvalue weighted by Gasteiger charge is -2.10. The van der Waals surface area contributed by atoms with Gasteiger partial charge < -0.3 is 10.1 Å². The maximum atomic E-state index is 13.1. The second kappa shape index (κ2) is 6.29. The number of ether oxygens (including phenoxy) is 1. The summed E-state index contributed by atoms with van der Waals surface area (Å²) in [5.74, 6) is -0.292. The summed E-state index contributed by atoms with van der Waals surface area (Å²) in [7, 11) is 0. The van der Waals surface area contributed by atoms with Crippen LogP contribution in [0, 0.1) is 5.82 Å². The van der Waals surface area contributed by atoms with Crippen molar-refractivity contribution in [1.82, 2.24) is 10.3 Å². The molecular weight excluding hydrogens is 335 g/mol. The number of benzene rings is 1. The Labute approximate surface area is 122 Å². The van der Waals surface area contributed by atoms with E-state index in [-0.39, 0.29) is 11.9 Å². The van der Waals surface area contributed by atoms with E-state index in [9.17, 15) is 9.18 Å². The van der Waals surface area contributed by atoms with Gasteiger partial charge in [0.15, 0.2) is 0 Å². The Morgan fingerprint density at radius 3 is 3.16 bits per heavy atom. The fourth-order valence-corrected chi connectivity index (χ4v) is 2.67. The first kappa shape index (κ1) is 14.2. The number of thiazole rings is 1. The monoisotopic (exact) mass is 346 g/mol. The molecule has 1 heterocycles. The molecule has 1 atom stereocenters. The smallest absolute Gasteiger partial charge is 0.407 e. The molecular formula is C12H12BrFN2O2S. The highest BCUT2D eigenvalue weighted by molar-refractivity contribution is 9.09. The Morgan fingerprint density at radius 1 is 1.63 bits per heavy atom. The number of alkyl halides is 1. The van der Waals surface area contributed by atoms with Gasteiger partial charge in [-0.15, -0.1) is 11.3 Å². The van der Waals surface area contributed by atoms with E-state index < -0.39 is 6.09 Å². The van der Waals surface area contributed by atoms with Crippen molar-refractivity contribution in [3.63, 3.8) is 0 Å². The van der Waals surface area contributed by atoms with Crippen molar-refractivity contribution in [2.45, 2.75) is 13.0 Å². The van der Waals surface area contributed by atoms with E-state index in [0.29, 0.717) is 11.9 Å². The van der Waals surface area contributed by atoms with Crippen LogP contribution in [0.25, 0.3) is 10.2 Å². The Kier molecular flexibility index (Phi) is 4.71. The summed E-state index contributed by atoms with van der Waals surface area (Å²) in [5, 5.41) is 3.99. The van der Waals surface area contributed by atoms with Gasteiger partial charge in [-0.25, -0.2) is 14.2 Å². The van der Waals surface area contributed by atoms with Crippen molar-refractivity contribution in [2.24, 2.45) is 0 Å². The number of alkyl carbamates (subject to hydrolysis) is 1. The number of hydrogen-bond donors (Lipinski definition) is 1. The van der Waals surface area contributed by atoms with Gasteiger partial charge in [-0.05, 0) is 25.1 Å². The van der Waals surface area contributed by atoms with E-state index in [1.165, 1.54) is 23.5 Å². The number of hydrogen-bond acceptors (Lipinski definition) is 4. The average molecular weight is 347 g/mol. The maximum Gasteiger partial charge on any atom is 0.407 e. The van der Waals surface area contributed by atoms with Crippen LogP contribution in [0.15, 0.2) is 18.2 Å². The Morgan fingerprint density at radius 2 is 2.42 bits per heavy atom. The molecule has 7 heteroatoms. The molecule has 102 valence electrons. The first-order valence-electron chi connectivity index (χ1n) is 5.65. The molecule has 0 fully saturated rings. The molecule has 2 aromatic rings. The highest BCUT2D eigenvalue weighted by Gasteiger charge is 2.15. The summed E-state index contributed by atoms with van der Waals surface area (Å²) in [5.41, 5.74) is 0.726. The molecule has 0 radical (unpaired) electrons.